The standard InChI is InChI=1S/C10H22N2O3.ClH/c1-3-7-15-9-10(13)12-5-4-11-6-8-14-2;/h11H,3-9H2,1-2H3,(H,12,13);1H. The number of methoxy groups -OCH3 is 1. The van der Waals surface area contributed by atoms with Crippen LogP contribution in [0.3, 0.4) is 0 Å². The van der Waals surface area contributed by atoms with Gasteiger partial charge >= 0.3 is 0 Å². The number of amides is 1. The van der Waals surface area contributed by atoms with E-state index in [9.17, 15) is 4.79 Å². The molecule has 0 spiro atoms. The third-order valence-corrected chi connectivity index (χ3v) is 1.69. The molecule has 6 heteroatoms. The average molecular weight is 255 g/mol. The van der Waals surface area contributed by atoms with Crippen LogP contribution in [0.4, 0.5) is 0 Å². The molecule has 0 saturated carbocycles. The van der Waals surface area contributed by atoms with E-state index < -0.39 is 0 Å². The summed E-state index contributed by atoms with van der Waals surface area (Å²) in [5.74, 6) is -0.0583. The fourth-order valence-corrected chi connectivity index (χ4v) is 0.950. The maximum absolute atomic E-state index is 11.1. The van der Waals surface area contributed by atoms with Crippen molar-refractivity contribution in [3.63, 3.8) is 0 Å². The maximum Gasteiger partial charge on any atom is 0.246 e. The fraction of sp³-hybridized carbons (Fsp3) is 0.900. The van der Waals surface area contributed by atoms with Gasteiger partial charge in [0, 0.05) is 33.4 Å². The highest BCUT2D eigenvalue weighted by Gasteiger charge is 1.98. The van der Waals surface area contributed by atoms with Crippen LogP contribution in [-0.2, 0) is 14.3 Å². The van der Waals surface area contributed by atoms with Crippen molar-refractivity contribution in [2.45, 2.75) is 13.3 Å². The average Bonchev–Trinajstić information content (AvgIpc) is 2.23. The summed E-state index contributed by atoms with van der Waals surface area (Å²) in [7, 11) is 1.66. The summed E-state index contributed by atoms with van der Waals surface area (Å²) in [4.78, 5) is 11.1. The molecule has 0 aromatic rings. The van der Waals surface area contributed by atoms with E-state index in [0.29, 0.717) is 19.8 Å². The zero-order valence-electron chi connectivity index (χ0n) is 10.1. The van der Waals surface area contributed by atoms with Crippen LogP contribution >= 0.6 is 12.4 Å². The lowest BCUT2D eigenvalue weighted by Crippen LogP contribution is -2.35. The Kier molecular flexibility index (Phi) is 16.5. The van der Waals surface area contributed by atoms with Gasteiger partial charge in [-0.15, -0.1) is 12.4 Å². The Balaban J connectivity index is 0. The lowest BCUT2D eigenvalue weighted by molar-refractivity contribution is -0.125. The second-order valence-corrected chi connectivity index (χ2v) is 3.15. The van der Waals surface area contributed by atoms with Crippen molar-refractivity contribution >= 4 is 18.3 Å². The maximum atomic E-state index is 11.1. The minimum atomic E-state index is -0.0583. The molecule has 0 saturated heterocycles. The van der Waals surface area contributed by atoms with Crippen molar-refractivity contribution in [2.24, 2.45) is 0 Å². The van der Waals surface area contributed by atoms with E-state index in [0.717, 1.165) is 19.5 Å². The van der Waals surface area contributed by atoms with Gasteiger partial charge < -0.3 is 20.1 Å². The van der Waals surface area contributed by atoms with Gasteiger partial charge in [0.2, 0.25) is 5.91 Å². The normalized spacial score (nSPS) is 9.62. The molecule has 0 aliphatic carbocycles. The summed E-state index contributed by atoms with van der Waals surface area (Å²) < 4.78 is 9.95. The number of rotatable bonds is 10. The van der Waals surface area contributed by atoms with Crippen LogP contribution in [0.5, 0.6) is 0 Å². The van der Waals surface area contributed by atoms with Gasteiger partial charge in [0.15, 0.2) is 0 Å². The summed E-state index contributed by atoms with van der Waals surface area (Å²) in [5.41, 5.74) is 0. The van der Waals surface area contributed by atoms with Crippen molar-refractivity contribution in [3.8, 4) is 0 Å². The monoisotopic (exact) mass is 254 g/mol. The van der Waals surface area contributed by atoms with E-state index in [-0.39, 0.29) is 24.9 Å². The van der Waals surface area contributed by atoms with Gasteiger partial charge in [-0.05, 0) is 6.42 Å². The highest BCUT2D eigenvalue weighted by Crippen LogP contribution is 1.79. The lowest BCUT2D eigenvalue weighted by atomic mass is 10.5. The first-order valence-electron chi connectivity index (χ1n) is 5.35. The van der Waals surface area contributed by atoms with Crippen LogP contribution in [-0.4, -0.2) is 52.5 Å². The predicted octanol–water partition coefficient (Wildman–Crippen LogP) is 0.187. The predicted molar refractivity (Wildman–Crippen MR) is 66.1 cm³/mol. The van der Waals surface area contributed by atoms with E-state index >= 15 is 0 Å². The van der Waals surface area contributed by atoms with E-state index in [1.54, 1.807) is 7.11 Å². The zero-order chi connectivity index (χ0) is 11.4. The topological polar surface area (TPSA) is 59.6 Å². The highest BCUT2D eigenvalue weighted by atomic mass is 35.5. The third kappa shape index (κ3) is 13.6. The number of hydrogen-bond acceptors (Lipinski definition) is 4. The van der Waals surface area contributed by atoms with Crippen molar-refractivity contribution in [3.05, 3.63) is 0 Å². The van der Waals surface area contributed by atoms with Gasteiger partial charge in [0.1, 0.15) is 6.61 Å². The molecule has 1 amide bonds. The molecule has 5 nitrogen and oxygen atoms in total. The number of carbonyl (C=O) groups is 1. The molecule has 16 heavy (non-hydrogen) atoms. The highest BCUT2D eigenvalue weighted by molar-refractivity contribution is 5.85. The Morgan fingerprint density at radius 1 is 1.19 bits per heavy atom. The largest absolute Gasteiger partial charge is 0.383 e. The molecular formula is C10H23ClN2O3. The molecule has 0 bridgehead atoms. The van der Waals surface area contributed by atoms with Crippen molar-refractivity contribution in [1.82, 2.24) is 10.6 Å². The van der Waals surface area contributed by atoms with Crippen molar-refractivity contribution in [1.29, 1.82) is 0 Å². The summed E-state index contributed by atoms with van der Waals surface area (Å²) >= 11 is 0. The van der Waals surface area contributed by atoms with Crippen LogP contribution in [0.2, 0.25) is 0 Å². The first-order valence-corrected chi connectivity index (χ1v) is 5.35. The summed E-state index contributed by atoms with van der Waals surface area (Å²) in [6.45, 7) is 5.68. The lowest BCUT2D eigenvalue weighted by Gasteiger charge is -2.06. The molecule has 0 atom stereocenters. The molecule has 0 aromatic heterocycles. The summed E-state index contributed by atoms with van der Waals surface area (Å²) in [6.07, 6.45) is 0.936. The molecule has 0 unspecified atom stereocenters. The second kappa shape index (κ2) is 14.6. The number of nitrogens with one attached hydrogen (secondary N) is 2. The van der Waals surface area contributed by atoms with E-state index in [4.69, 9.17) is 9.47 Å². The van der Waals surface area contributed by atoms with Gasteiger partial charge in [0.25, 0.3) is 0 Å². The van der Waals surface area contributed by atoms with E-state index in [2.05, 4.69) is 10.6 Å². The molecule has 0 rings (SSSR count). The Bertz CT molecular complexity index is 159. The minimum absolute atomic E-state index is 0. The molecule has 2 N–H and O–H groups in total. The van der Waals surface area contributed by atoms with Crippen LogP contribution in [0.1, 0.15) is 13.3 Å². The number of ether oxygens (including phenoxy) is 2. The molecular weight excluding hydrogens is 232 g/mol. The van der Waals surface area contributed by atoms with Crippen molar-refractivity contribution in [2.75, 3.05) is 46.6 Å². The first-order chi connectivity index (χ1) is 7.31. The Hall–Kier alpha value is -0.360. The molecule has 0 fully saturated rings. The molecule has 0 aliphatic heterocycles. The van der Waals surface area contributed by atoms with Gasteiger partial charge in [-0.25, -0.2) is 0 Å². The van der Waals surface area contributed by atoms with Crippen LogP contribution < -0.4 is 10.6 Å². The summed E-state index contributed by atoms with van der Waals surface area (Å²) in [5, 5.41) is 5.88. The fourth-order valence-electron chi connectivity index (χ4n) is 0.950. The molecule has 0 aliphatic rings. The van der Waals surface area contributed by atoms with Gasteiger partial charge in [-0.3, -0.25) is 4.79 Å². The number of hydrogen-bond donors (Lipinski definition) is 2. The van der Waals surface area contributed by atoms with Gasteiger partial charge in [0.05, 0.1) is 6.61 Å². The van der Waals surface area contributed by atoms with E-state index in [1.165, 1.54) is 0 Å². The third-order valence-electron chi connectivity index (χ3n) is 1.69. The SMILES string of the molecule is CCCOCC(=O)NCCNCCOC.Cl. The Morgan fingerprint density at radius 2 is 1.94 bits per heavy atom. The van der Waals surface area contributed by atoms with Crippen molar-refractivity contribution < 1.29 is 14.3 Å². The van der Waals surface area contributed by atoms with Crippen LogP contribution in [0.25, 0.3) is 0 Å². The zero-order valence-corrected chi connectivity index (χ0v) is 10.9. The van der Waals surface area contributed by atoms with Gasteiger partial charge in [-0.2, -0.15) is 0 Å². The smallest absolute Gasteiger partial charge is 0.246 e. The second-order valence-electron chi connectivity index (χ2n) is 3.15. The minimum Gasteiger partial charge on any atom is -0.383 e. The number of carbonyl (C=O) groups excluding carboxylic acids is 1. The Morgan fingerprint density at radius 3 is 2.56 bits per heavy atom. The Labute approximate surface area is 104 Å². The van der Waals surface area contributed by atoms with Crippen LogP contribution in [0.15, 0.2) is 0 Å². The molecule has 0 heterocycles. The molecule has 98 valence electrons. The summed E-state index contributed by atoms with van der Waals surface area (Å²) in [6, 6.07) is 0. The van der Waals surface area contributed by atoms with E-state index in [1.807, 2.05) is 6.92 Å². The quantitative estimate of drug-likeness (QED) is 0.547. The van der Waals surface area contributed by atoms with Crippen LogP contribution in [0, 0.1) is 0 Å². The first kappa shape index (κ1) is 18.0. The number of halogens is 1. The molecule has 0 aromatic carbocycles. The van der Waals surface area contributed by atoms with Gasteiger partial charge in [-0.1, -0.05) is 6.92 Å². The molecule has 0 radical (unpaired) electrons.